The molecular weight excluding hydrogens is 348 g/mol. The van der Waals surface area contributed by atoms with Gasteiger partial charge in [-0.15, -0.1) is 0 Å². The van der Waals surface area contributed by atoms with E-state index < -0.39 is 0 Å². The number of nitrogens with zero attached hydrogens (tertiary/aromatic N) is 6. The number of aryl methyl sites for hydroxylation is 1. The second-order valence-electron chi connectivity index (χ2n) is 7.40. The number of carbonyl (C=O) groups is 1. The van der Waals surface area contributed by atoms with Crippen molar-refractivity contribution >= 4 is 11.9 Å². The molecule has 9 nitrogen and oxygen atoms in total. The first-order valence-electron chi connectivity index (χ1n) is 9.48. The first-order valence-corrected chi connectivity index (χ1v) is 9.48. The van der Waals surface area contributed by atoms with Gasteiger partial charge < -0.3 is 14.5 Å². The number of hydrogen-bond donors (Lipinski definition) is 0. The van der Waals surface area contributed by atoms with Crippen molar-refractivity contribution < 1.29 is 14.2 Å². The summed E-state index contributed by atoms with van der Waals surface area (Å²) in [7, 11) is 0. The third-order valence-electron chi connectivity index (χ3n) is 5.82. The number of morpholine rings is 1. The summed E-state index contributed by atoms with van der Waals surface area (Å²) >= 11 is 0. The molecule has 1 amide bonds. The smallest absolute Gasteiger partial charge is 0.229 e. The van der Waals surface area contributed by atoms with E-state index in [-0.39, 0.29) is 24.4 Å². The van der Waals surface area contributed by atoms with E-state index in [1.165, 1.54) is 0 Å². The highest BCUT2D eigenvalue weighted by Crippen LogP contribution is 2.43. The van der Waals surface area contributed by atoms with Crippen molar-refractivity contribution in [1.82, 2.24) is 25.2 Å². The molecule has 3 aliphatic heterocycles. The summed E-state index contributed by atoms with van der Waals surface area (Å²) in [6, 6.07) is 0.257. The van der Waals surface area contributed by atoms with Crippen LogP contribution in [-0.2, 0) is 22.4 Å². The lowest BCUT2D eigenvalue weighted by molar-refractivity contribution is -0.134. The summed E-state index contributed by atoms with van der Waals surface area (Å²) in [5.41, 5.74) is 3.46. The first-order chi connectivity index (χ1) is 13.2. The van der Waals surface area contributed by atoms with Gasteiger partial charge in [-0.1, -0.05) is 10.3 Å². The van der Waals surface area contributed by atoms with E-state index in [2.05, 4.69) is 20.2 Å². The highest BCUT2D eigenvalue weighted by Gasteiger charge is 2.43. The normalized spacial score (nSPS) is 24.2. The monoisotopic (exact) mass is 370 g/mol. The molecule has 2 atom stereocenters. The first kappa shape index (κ1) is 16.6. The Morgan fingerprint density at radius 1 is 1.26 bits per heavy atom. The standard InChI is InChI=1S/C18H22N6O3/c1-11-14(22-27-21-11)9-17(25)24-12-2-3-16(24)13-10-19-18(20-15(13)8-12)23-4-6-26-7-5-23/h10,12,16H,2-9H2,1H3/t12-,16-/m0/s1. The average molecular weight is 370 g/mol. The zero-order valence-electron chi connectivity index (χ0n) is 15.3. The van der Waals surface area contributed by atoms with Gasteiger partial charge in [0.2, 0.25) is 11.9 Å². The molecule has 5 rings (SSSR count). The second kappa shape index (κ2) is 6.56. The van der Waals surface area contributed by atoms with Crippen molar-refractivity contribution in [2.45, 2.75) is 44.7 Å². The fourth-order valence-corrected chi connectivity index (χ4v) is 4.41. The molecule has 0 N–H and O–H groups in total. The molecule has 9 heteroatoms. The molecule has 27 heavy (non-hydrogen) atoms. The molecule has 0 unspecified atom stereocenters. The summed E-state index contributed by atoms with van der Waals surface area (Å²) in [4.78, 5) is 26.6. The minimum absolute atomic E-state index is 0.0603. The predicted molar refractivity (Wildman–Crippen MR) is 94.1 cm³/mol. The highest BCUT2D eigenvalue weighted by atomic mass is 16.6. The molecule has 142 valence electrons. The molecular formula is C18H22N6O3. The molecule has 2 aromatic rings. The Balaban J connectivity index is 1.38. The van der Waals surface area contributed by atoms with E-state index in [0.717, 1.165) is 49.6 Å². The maximum atomic E-state index is 13.0. The number of aromatic nitrogens is 4. The van der Waals surface area contributed by atoms with Crippen LogP contribution in [0, 0.1) is 6.92 Å². The van der Waals surface area contributed by atoms with Gasteiger partial charge in [-0.25, -0.2) is 14.6 Å². The molecule has 2 fully saturated rings. The van der Waals surface area contributed by atoms with E-state index in [4.69, 9.17) is 14.3 Å². The van der Waals surface area contributed by atoms with Gasteiger partial charge in [0, 0.05) is 37.3 Å². The average Bonchev–Trinajstić information content (AvgIpc) is 3.24. The number of carbonyl (C=O) groups excluding carboxylic acids is 1. The topological polar surface area (TPSA) is 97.5 Å². The number of fused-ring (bicyclic) bond motifs is 4. The summed E-state index contributed by atoms with van der Waals surface area (Å²) in [6.45, 7) is 4.87. The quantitative estimate of drug-likeness (QED) is 0.784. The van der Waals surface area contributed by atoms with Gasteiger partial charge in [0.25, 0.3) is 0 Å². The molecule has 2 saturated heterocycles. The molecule has 5 heterocycles. The lowest BCUT2D eigenvalue weighted by Crippen LogP contribution is -2.43. The summed E-state index contributed by atoms with van der Waals surface area (Å²) in [5, 5.41) is 7.62. The maximum Gasteiger partial charge on any atom is 0.229 e. The SMILES string of the molecule is Cc1nonc1CC(=O)N1[C@H]2CC[C@H]1c1cnc(N3CCOCC3)nc1C2. The van der Waals surface area contributed by atoms with E-state index >= 15 is 0 Å². The van der Waals surface area contributed by atoms with Crippen molar-refractivity contribution in [3.63, 3.8) is 0 Å². The summed E-state index contributed by atoms with van der Waals surface area (Å²) in [6.07, 6.45) is 4.88. The van der Waals surface area contributed by atoms with Gasteiger partial charge in [0.15, 0.2) is 0 Å². The minimum atomic E-state index is 0.0603. The molecule has 0 spiro atoms. The zero-order chi connectivity index (χ0) is 18.4. The number of ether oxygens (including phenoxy) is 1. The Morgan fingerprint density at radius 3 is 2.89 bits per heavy atom. The van der Waals surface area contributed by atoms with Gasteiger partial charge in [0.05, 0.1) is 31.4 Å². The molecule has 0 radical (unpaired) electrons. The van der Waals surface area contributed by atoms with Gasteiger partial charge in [-0.2, -0.15) is 0 Å². The van der Waals surface area contributed by atoms with Crippen molar-refractivity contribution in [3.05, 3.63) is 28.8 Å². The lowest BCUT2D eigenvalue weighted by atomic mass is 9.98. The van der Waals surface area contributed by atoms with Crippen LogP contribution in [0.25, 0.3) is 0 Å². The molecule has 2 aromatic heterocycles. The summed E-state index contributed by atoms with van der Waals surface area (Å²) < 4.78 is 10.1. The Bertz CT molecular complexity index is 863. The number of hydrogen-bond acceptors (Lipinski definition) is 8. The number of amides is 1. The van der Waals surface area contributed by atoms with Crippen LogP contribution >= 0.6 is 0 Å². The maximum absolute atomic E-state index is 13.0. The molecule has 0 saturated carbocycles. The fourth-order valence-electron chi connectivity index (χ4n) is 4.41. The van der Waals surface area contributed by atoms with Gasteiger partial charge in [-0.05, 0) is 19.8 Å². The second-order valence-corrected chi connectivity index (χ2v) is 7.40. The third-order valence-corrected chi connectivity index (χ3v) is 5.82. The van der Waals surface area contributed by atoms with E-state index in [0.29, 0.717) is 24.6 Å². The number of rotatable bonds is 3. The van der Waals surface area contributed by atoms with Crippen LogP contribution in [0.1, 0.15) is 41.5 Å². The van der Waals surface area contributed by atoms with Crippen LogP contribution in [0.2, 0.25) is 0 Å². The zero-order valence-corrected chi connectivity index (χ0v) is 15.3. The third kappa shape index (κ3) is 2.86. The van der Waals surface area contributed by atoms with E-state index in [9.17, 15) is 4.79 Å². The van der Waals surface area contributed by atoms with Crippen molar-refractivity contribution in [1.29, 1.82) is 0 Å². The Hall–Kier alpha value is -2.55. The Morgan fingerprint density at radius 2 is 2.11 bits per heavy atom. The van der Waals surface area contributed by atoms with E-state index in [1.807, 2.05) is 11.1 Å². The molecule has 3 aliphatic rings. The van der Waals surface area contributed by atoms with Crippen LogP contribution < -0.4 is 4.90 Å². The molecule has 0 aromatic carbocycles. The minimum Gasteiger partial charge on any atom is -0.378 e. The lowest BCUT2D eigenvalue weighted by Gasteiger charge is -2.36. The van der Waals surface area contributed by atoms with Crippen molar-refractivity contribution in [3.8, 4) is 0 Å². The predicted octanol–water partition coefficient (Wildman–Crippen LogP) is 0.836. The van der Waals surface area contributed by atoms with Crippen LogP contribution in [0.5, 0.6) is 0 Å². The van der Waals surface area contributed by atoms with Gasteiger partial charge in [0.1, 0.15) is 11.4 Å². The fraction of sp³-hybridized carbons (Fsp3) is 0.611. The Kier molecular flexibility index (Phi) is 4.04. The Labute approximate surface area is 156 Å². The van der Waals surface area contributed by atoms with Crippen LogP contribution in [0.15, 0.2) is 10.8 Å². The van der Waals surface area contributed by atoms with Crippen LogP contribution in [0.4, 0.5) is 5.95 Å². The van der Waals surface area contributed by atoms with Crippen molar-refractivity contribution in [2.24, 2.45) is 0 Å². The summed E-state index contributed by atoms with van der Waals surface area (Å²) in [5.74, 6) is 0.852. The molecule has 2 bridgehead atoms. The van der Waals surface area contributed by atoms with Crippen molar-refractivity contribution in [2.75, 3.05) is 31.2 Å². The van der Waals surface area contributed by atoms with Crippen LogP contribution in [0.3, 0.4) is 0 Å². The van der Waals surface area contributed by atoms with Gasteiger partial charge in [-0.3, -0.25) is 4.79 Å². The van der Waals surface area contributed by atoms with E-state index in [1.54, 1.807) is 6.92 Å². The number of anilines is 1. The largest absolute Gasteiger partial charge is 0.378 e. The highest BCUT2D eigenvalue weighted by molar-refractivity contribution is 5.80. The van der Waals surface area contributed by atoms with Crippen LogP contribution in [-0.4, -0.2) is 63.4 Å². The van der Waals surface area contributed by atoms with Gasteiger partial charge >= 0.3 is 0 Å². The molecule has 0 aliphatic carbocycles.